The number of amides is 2. The number of benzene rings is 1. The summed E-state index contributed by atoms with van der Waals surface area (Å²) in [5.41, 5.74) is -0.993. The Morgan fingerprint density at radius 3 is 2.18 bits per heavy atom. The summed E-state index contributed by atoms with van der Waals surface area (Å²) >= 11 is 0. The van der Waals surface area contributed by atoms with E-state index in [9.17, 15) is 18.4 Å². The van der Waals surface area contributed by atoms with Crippen LogP contribution in [0.1, 0.15) is 45.7 Å². The Morgan fingerprint density at radius 2 is 1.75 bits per heavy atom. The molecule has 0 bridgehead atoms. The molecule has 0 aliphatic rings. The molecule has 0 saturated carbocycles. The second-order valence-electron chi connectivity index (χ2n) is 7.70. The van der Waals surface area contributed by atoms with E-state index in [1.807, 2.05) is 0 Å². The van der Waals surface area contributed by atoms with Crippen molar-refractivity contribution in [3.05, 3.63) is 29.3 Å². The Balaban J connectivity index is 2.97. The van der Waals surface area contributed by atoms with Gasteiger partial charge in [-0.2, -0.15) is 0 Å². The predicted octanol–water partition coefficient (Wildman–Crippen LogP) is 2.80. The van der Waals surface area contributed by atoms with E-state index in [2.05, 4.69) is 10.6 Å². The highest BCUT2D eigenvalue weighted by Crippen LogP contribution is 2.26. The Kier molecular flexibility index (Phi) is 8.31. The van der Waals surface area contributed by atoms with Gasteiger partial charge in [-0.3, -0.25) is 4.79 Å². The summed E-state index contributed by atoms with van der Waals surface area (Å²) in [5, 5.41) is 13.6. The molecule has 1 aromatic carbocycles. The van der Waals surface area contributed by atoms with E-state index in [4.69, 9.17) is 9.84 Å². The average molecular weight is 401 g/mol. The highest BCUT2D eigenvalue weighted by atomic mass is 19.1. The fraction of sp³-hybridized carbons (Fsp3) is 0.579. The quantitative estimate of drug-likeness (QED) is 0.654. The lowest BCUT2D eigenvalue weighted by molar-refractivity contribution is -0.118. The molecular weight excluding hydrogens is 372 g/mol. The summed E-state index contributed by atoms with van der Waals surface area (Å²) in [7, 11) is 3.55. The second-order valence-corrected chi connectivity index (χ2v) is 7.70. The first-order valence-corrected chi connectivity index (χ1v) is 8.92. The number of anilines is 1. The van der Waals surface area contributed by atoms with Gasteiger partial charge in [0.15, 0.2) is 0 Å². The second kappa shape index (κ2) is 9.79. The highest BCUT2D eigenvalue weighted by Gasteiger charge is 2.26. The van der Waals surface area contributed by atoms with Crippen LogP contribution in [0.4, 0.5) is 19.3 Å². The topological polar surface area (TPSA) is 90.9 Å². The molecule has 0 fully saturated rings. The van der Waals surface area contributed by atoms with E-state index in [0.29, 0.717) is 5.56 Å². The Morgan fingerprint density at radius 1 is 1.21 bits per heavy atom. The van der Waals surface area contributed by atoms with Gasteiger partial charge in [-0.05, 0) is 65.9 Å². The predicted molar refractivity (Wildman–Crippen MR) is 102 cm³/mol. The van der Waals surface area contributed by atoms with Crippen LogP contribution in [0.25, 0.3) is 0 Å². The van der Waals surface area contributed by atoms with E-state index >= 15 is 0 Å². The molecule has 0 heterocycles. The third-order valence-corrected chi connectivity index (χ3v) is 3.99. The van der Waals surface area contributed by atoms with Gasteiger partial charge in [0.2, 0.25) is 5.91 Å². The molecule has 0 radical (unpaired) electrons. The molecule has 0 spiro atoms. The number of ether oxygens (including phenoxy) is 1. The normalized spacial score (nSPS) is 13.8. The van der Waals surface area contributed by atoms with E-state index in [0.717, 1.165) is 12.1 Å². The lowest BCUT2D eigenvalue weighted by atomic mass is 10.1. The fourth-order valence-electron chi connectivity index (χ4n) is 2.31. The molecule has 0 aliphatic heterocycles. The van der Waals surface area contributed by atoms with Gasteiger partial charge in [-0.25, -0.2) is 13.6 Å². The molecule has 0 aliphatic carbocycles. The van der Waals surface area contributed by atoms with Gasteiger partial charge in [-0.15, -0.1) is 0 Å². The van der Waals surface area contributed by atoms with Crippen molar-refractivity contribution in [2.45, 2.75) is 51.8 Å². The number of alkyl carbamates (subject to hydrolysis) is 1. The molecule has 158 valence electrons. The van der Waals surface area contributed by atoms with E-state index < -0.39 is 47.6 Å². The highest BCUT2D eigenvalue weighted by molar-refractivity contribution is 5.96. The monoisotopic (exact) mass is 401 g/mol. The molecule has 9 heteroatoms. The van der Waals surface area contributed by atoms with Crippen LogP contribution in [0.15, 0.2) is 12.1 Å². The number of hydrogen-bond acceptors (Lipinski definition) is 5. The van der Waals surface area contributed by atoms with E-state index in [1.165, 1.54) is 0 Å². The maximum Gasteiger partial charge on any atom is 0.408 e. The van der Waals surface area contributed by atoms with Crippen molar-refractivity contribution in [2.75, 3.05) is 26.0 Å². The maximum atomic E-state index is 14.4. The zero-order chi connectivity index (χ0) is 21.6. The third kappa shape index (κ3) is 7.05. The minimum absolute atomic E-state index is 0.149. The molecule has 3 N–H and O–H groups in total. The summed E-state index contributed by atoms with van der Waals surface area (Å²) in [6.45, 7) is 6.31. The minimum atomic E-state index is -1.22. The van der Waals surface area contributed by atoms with Gasteiger partial charge in [-0.1, -0.05) is 0 Å². The number of nitrogens with one attached hydrogen (secondary N) is 2. The Hall–Kier alpha value is -2.26. The maximum absolute atomic E-state index is 14.4. The molecule has 0 saturated heterocycles. The van der Waals surface area contributed by atoms with Crippen LogP contribution < -0.4 is 10.6 Å². The molecule has 2 atom stereocenters. The van der Waals surface area contributed by atoms with Crippen molar-refractivity contribution >= 4 is 17.7 Å². The van der Waals surface area contributed by atoms with Crippen molar-refractivity contribution in [3.63, 3.8) is 0 Å². The molecular formula is C19H29F2N3O4. The van der Waals surface area contributed by atoms with Gasteiger partial charge in [0.25, 0.3) is 0 Å². The number of aliphatic hydroxyl groups is 1. The summed E-state index contributed by atoms with van der Waals surface area (Å²) in [4.78, 5) is 26.1. The van der Waals surface area contributed by atoms with Gasteiger partial charge < -0.3 is 25.4 Å². The number of aliphatic hydroxyl groups excluding tert-OH is 1. The minimum Gasteiger partial charge on any atom is -0.444 e. The standard InChI is InChI=1S/C19H29F2N3O4/c1-11(24(5)6)12-9-13(20)16(14(21)10-12)23-17(26)15(7-8-25)22-18(27)28-19(2,3)4/h9-11,15,25H,7-8H2,1-6H3,(H,22,27)(H,23,26)/t11?,15-/m0/s1. The molecule has 0 aromatic heterocycles. The molecule has 1 rings (SSSR count). The van der Waals surface area contributed by atoms with Crippen LogP contribution in [0.2, 0.25) is 0 Å². The van der Waals surface area contributed by atoms with Crippen LogP contribution in [0.3, 0.4) is 0 Å². The Labute approximate surface area is 164 Å². The largest absolute Gasteiger partial charge is 0.444 e. The fourth-order valence-corrected chi connectivity index (χ4v) is 2.31. The van der Waals surface area contributed by atoms with Crippen molar-refractivity contribution in [3.8, 4) is 0 Å². The van der Waals surface area contributed by atoms with Crippen molar-refractivity contribution in [1.29, 1.82) is 0 Å². The number of halogens is 2. The summed E-state index contributed by atoms with van der Waals surface area (Å²) < 4.78 is 33.9. The summed E-state index contributed by atoms with van der Waals surface area (Å²) in [6.07, 6.45) is -1.03. The summed E-state index contributed by atoms with van der Waals surface area (Å²) in [6, 6.07) is 0.834. The zero-order valence-electron chi connectivity index (χ0n) is 17.1. The average Bonchev–Trinajstić information content (AvgIpc) is 2.54. The third-order valence-electron chi connectivity index (χ3n) is 3.99. The SMILES string of the molecule is CC(c1cc(F)c(NC(=O)[C@H](CCO)NC(=O)OC(C)(C)C)c(F)c1)N(C)C. The van der Waals surface area contributed by atoms with Crippen molar-refractivity contribution in [1.82, 2.24) is 10.2 Å². The summed E-state index contributed by atoms with van der Waals surface area (Å²) in [5.74, 6) is -2.74. The number of carbonyl (C=O) groups excluding carboxylic acids is 2. The number of nitrogens with zero attached hydrogens (tertiary/aromatic N) is 1. The van der Waals surface area contributed by atoms with Crippen LogP contribution >= 0.6 is 0 Å². The molecule has 7 nitrogen and oxygen atoms in total. The zero-order valence-corrected chi connectivity index (χ0v) is 17.1. The number of hydrogen-bond donors (Lipinski definition) is 3. The smallest absolute Gasteiger partial charge is 0.408 e. The lowest BCUT2D eigenvalue weighted by Gasteiger charge is -2.23. The van der Waals surface area contributed by atoms with E-state index in [-0.39, 0.29) is 12.5 Å². The molecule has 1 aromatic rings. The molecule has 1 unspecified atom stereocenters. The van der Waals surface area contributed by atoms with E-state index in [1.54, 1.807) is 46.7 Å². The van der Waals surface area contributed by atoms with Gasteiger partial charge in [0.1, 0.15) is 29.0 Å². The molecule has 2 amide bonds. The van der Waals surface area contributed by atoms with Crippen LogP contribution in [-0.4, -0.2) is 54.4 Å². The first-order valence-electron chi connectivity index (χ1n) is 8.92. The lowest BCUT2D eigenvalue weighted by Crippen LogP contribution is -2.46. The van der Waals surface area contributed by atoms with Gasteiger partial charge in [0, 0.05) is 12.6 Å². The van der Waals surface area contributed by atoms with Crippen LogP contribution in [0.5, 0.6) is 0 Å². The van der Waals surface area contributed by atoms with Crippen molar-refractivity contribution in [2.24, 2.45) is 0 Å². The first-order chi connectivity index (χ1) is 12.9. The number of carbonyl (C=O) groups is 2. The van der Waals surface area contributed by atoms with Crippen molar-refractivity contribution < 1.29 is 28.2 Å². The van der Waals surface area contributed by atoms with Gasteiger partial charge in [0.05, 0.1) is 0 Å². The van der Waals surface area contributed by atoms with Crippen LogP contribution in [0, 0.1) is 11.6 Å². The van der Waals surface area contributed by atoms with Crippen LogP contribution in [-0.2, 0) is 9.53 Å². The van der Waals surface area contributed by atoms with Gasteiger partial charge >= 0.3 is 6.09 Å². The first kappa shape index (κ1) is 23.8. The molecule has 28 heavy (non-hydrogen) atoms. The Bertz CT molecular complexity index is 682. The number of rotatable bonds is 7.